The largest absolute Gasteiger partial charge is 0.389 e. The summed E-state index contributed by atoms with van der Waals surface area (Å²) < 4.78 is 6.69. The van der Waals surface area contributed by atoms with Crippen molar-refractivity contribution >= 4 is 21.6 Å². The summed E-state index contributed by atoms with van der Waals surface area (Å²) in [6.07, 6.45) is 0.715. The number of hydrogen-bond donors (Lipinski definition) is 2. The highest BCUT2D eigenvalue weighted by Crippen LogP contribution is 2.19. The van der Waals surface area contributed by atoms with Crippen LogP contribution in [0.5, 0.6) is 0 Å². The van der Waals surface area contributed by atoms with Gasteiger partial charge in [0.2, 0.25) is 0 Å². The first-order valence-electron chi connectivity index (χ1n) is 7.17. The summed E-state index contributed by atoms with van der Waals surface area (Å²) in [5.41, 5.74) is 2.18. The van der Waals surface area contributed by atoms with Gasteiger partial charge < -0.3 is 15.2 Å². The van der Waals surface area contributed by atoms with Crippen LogP contribution in [-0.2, 0) is 4.74 Å². The third-order valence-corrected chi connectivity index (χ3v) is 3.42. The predicted octanol–water partition coefficient (Wildman–Crippen LogP) is 3.98. The van der Waals surface area contributed by atoms with Crippen LogP contribution in [0.3, 0.4) is 0 Å². The number of rotatable bonds is 8. The zero-order chi connectivity index (χ0) is 15.1. The lowest BCUT2D eigenvalue weighted by atomic mass is 10.1. The lowest BCUT2D eigenvalue weighted by molar-refractivity contribution is -0.00443. The molecule has 0 radical (unpaired) electrons. The molecule has 0 amide bonds. The Hall–Kier alpha value is -0.580. The van der Waals surface area contributed by atoms with Gasteiger partial charge in [-0.1, -0.05) is 29.8 Å². The SMILES string of the molecule is Cc1cc(Br)cc(NCC(O)COC(C)CC(C)C)c1. The molecule has 0 saturated carbocycles. The van der Waals surface area contributed by atoms with Crippen LogP contribution in [0.4, 0.5) is 5.69 Å². The Morgan fingerprint density at radius 3 is 2.55 bits per heavy atom. The fourth-order valence-electron chi connectivity index (χ4n) is 2.14. The van der Waals surface area contributed by atoms with Crippen molar-refractivity contribution in [1.29, 1.82) is 0 Å². The van der Waals surface area contributed by atoms with Gasteiger partial charge in [-0.25, -0.2) is 0 Å². The Kier molecular flexibility index (Phi) is 7.56. The van der Waals surface area contributed by atoms with E-state index in [4.69, 9.17) is 4.74 Å². The molecule has 0 aromatic heterocycles. The number of aliphatic hydroxyl groups excluding tert-OH is 1. The van der Waals surface area contributed by atoms with Crippen molar-refractivity contribution in [1.82, 2.24) is 0 Å². The van der Waals surface area contributed by atoms with Crippen LogP contribution in [0, 0.1) is 12.8 Å². The summed E-state index contributed by atoms with van der Waals surface area (Å²) in [7, 11) is 0. The van der Waals surface area contributed by atoms with E-state index in [0.717, 1.165) is 16.6 Å². The van der Waals surface area contributed by atoms with Crippen molar-refractivity contribution in [2.75, 3.05) is 18.5 Å². The second kappa shape index (κ2) is 8.65. The minimum Gasteiger partial charge on any atom is -0.389 e. The van der Waals surface area contributed by atoms with Crippen molar-refractivity contribution in [3.8, 4) is 0 Å². The molecule has 1 aromatic carbocycles. The number of halogens is 1. The van der Waals surface area contributed by atoms with E-state index in [1.54, 1.807) is 0 Å². The standard InChI is InChI=1S/C16H26BrNO2/c1-11(2)5-13(4)20-10-16(19)9-18-15-7-12(3)6-14(17)8-15/h6-8,11,13,16,18-19H,5,9-10H2,1-4H3. The van der Waals surface area contributed by atoms with Gasteiger partial charge in [0.05, 0.1) is 18.8 Å². The summed E-state index contributed by atoms with van der Waals surface area (Å²) in [6.45, 7) is 9.31. The van der Waals surface area contributed by atoms with Crippen LogP contribution in [0.1, 0.15) is 32.8 Å². The quantitative estimate of drug-likeness (QED) is 0.749. The lowest BCUT2D eigenvalue weighted by Gasteiger charge is -2.18. The minimum absolute atomic E-state index is 0.192. The maximum Gasteiger partial charge on any atom is 0.0945 e. The fourth-order valence-corrected chi connectivity index (χ4v) is 2.75. The minimum atomic E-state index is -0.496. The molecular formula is C16H26BrNO2. The van der Waals surface area contributed by atoms with E-state index >= 15 is 0 Å². The van der Waals surface area contributed by atoms with E-state index in [1.807, 2.05) is 13.0 Å². The number of hydrogen-bond acceptors (Lipinski definition) is 3. The van der Waals surface area contributed by atoms with Gasteiger partial charge in [-0.05, 0) is 49.9 Å². The molecule has 20 heavy (non-hydrogen) atoms. The number of anilines is 1. The Labute approximate surface area is 130 Å². The van der Waals surface area contributed by atoms with Gasteiger partial charge in [0, 0.05) is 16.7 Å². The van der Waals surface area contributed by atoms with E-state index < -0.39 is 6.10 Å². The van der Waals surface area contributed by atoms with E-state index in [1.165, 1.54) is 5.56 Å². The van der Waals surface area contributed by atoms with E-state index in [9.17, 15) is 5.11 Å². The van der Waals surface area contributed by atoms with Crippen LogP contribution in [0.2, 0.25) is 0 Å². The first-order valence-corrected chi connectivity index (χ1v) is 7.97. The fraction of sp³-hybridized carbons (Fsp3) is 0.625. The lowest BCUT2D eigenvalue weighted by Crippen LogP contribution is -2.27. The third kappa shape index (κ3) is 7.27. The number of benzene rings is 1. The molecule has 0 fully saturated rings. The molecule has 0 bridgehead atoms. The highest BCUT2D eigenvalue weighted by molar-refractivity contribution is 9.10. The predicted molar refractivity (Wildman–Crippen MR) is 88.2 cm³/mol. The number of nitrogens with one attached hydrogen (secondary N) is 1. The molecule has 0 saturated heterocycles. The van der Waals surface area contributed by atoms with E-state index in [2.05, 4.69) is 54.2 Å². The first-order chi connectivity index (χ1) is 9.36. The molecule has 2 N–H and O–H groups in total. The number of ether oxygens (including phenoxy) is 1. The first kappa shape index (κ1) is 17.5. The smallest absolute Gasteiger partial charge is 0.0945 e. The molecule has 1 rings (SSSR count). The number of aryl methyl sites for hydroxylation is 1. The summed E-state index contributed by atoms with van der Waals surface area (Å²) in [6, 6.07) is 6.11. The zero-order valence-corrected chi connectivity index (χ0v) is 14.4. The molecule has 114 valence electrons. The highest BCUT2D eigenvalue weighted by Gasteiger charge is 2.09. The van der Waals surface area contributed by atoms with E-state index in [-0.39, 0.29) is 6.10 Å². The molecule has 0 aliphatic carbocycles. The second-order valence-corrected chi connectivity index (χ2v) is 6.74. The van der Waals surface area contributed by atoms with Gasteiger partial charge >= 0.3 is 0 Å². The Morgan fingerprint density at radius 1 is 1.25 bits per heavy atom. The maximum atomic E-state index is 9.93. The second-order valence-electron chi connectivity index (χ2n) is 5.83. The van der Waals surface area contributed by atoms with Crippen LogP contribution < -0.4 is 5.32 Å². The van der Waals surface area contributed by atoms with Gasteiger partial charge in [0.1, 0.15) is 0 Å². The Bertz CT molecular complexity index is 389. The summed E-state index contributed by atoms with van der Waals surface area (Å²) in [4.78, 5) is 0. The van der Waals surface area contributed by atoms with E-state index in [0.29, 0.717) is 19.1 Å². The van der Waals surface area contributed by atoms with Gasteiger partial charge in [0.25, 0.3) is 0 Å². The van der Waals surface area contributed by atoms with Crippen LogP contribution in [-0.4, -0.2) is 30.5 Å². The van der Waals surface area contributed by atoms with Gasteiger partial charge in [-0.15, -0.1) is 0 Å². The zero-order valence-electron chi connectivity index (χ0n) is 12.8. The average molecular weight is 344 g/mol. The molecule has 0 aliphatic heterocycles. The van der Waals surface area contributed by atoms with Gasteiger partial charge in [-0.2, -0.15) is 0 Å². The van der Waals surface area contributed by atoms with Crippen LogP contribution >= 0.6 is 15.9 Å². The van der Waals surface area contributed by atoms with Crippen LogP contribution in [0.15, 0.2) is 22.7 Å². The highest BCUT2D eigenvalue weighted by atomic mass is 79.9. The molecule has 0 heterocycles. The van der Waals surface area contributed by atoms with Gasteiger partial charge in [0.15, 0.2) is 0 Å². The van der Waals surface area contributed by atoms with Crippen molar-refractivity contribution < 1.29 is 9.84 Å². The van der Waals surface area contributed by atoms with Crippen molar-refractivity contribution in [3.05, 3.63) is 28.2 Å². The molecular weight excluding hydrogens is 318 g/mol. The Balaban J connectivity index is 2.30. The molecule has 0 aliphatic rings. The maximum absolute atomic E-state index is 9.93. The molecule has 2 atom stereocenters. The summed E-state index contributed by atoms with van der Waals surface area (Å²) >= 11 is 3.47. The summed E-state index contributed by atoms with van der Waals surface area (Å²) in [5.74, 6) is 0.616. The van der Waals surface area contributed by atoms with Crippen molar-refractivity contribution in [2.24, 2.45) is 5.92 Å². The summed E-state index contributed by atoms with van der Waals surface area (Å²) in [5, 5.41) is 13.2. The normalized spacial score (nSPS) is 14.3. The van der Waals surface area contributed by atoms with Crippen molar-refractivity contribution in [2.45, 2.75) is 46.3 Å². The monoisotopic (exact) mass is 343 g/mol. The van der Waals surface area contributed by atoms with Crippen LogP contribution in [0.25, 0.3) is 0 Å². The molecule has 2 unspecified atom stereocenters. The molecule has 3 nitrogen and oxygen atoms in total. The molecule has 0 spiro atoms. The molecule has 1 aromatic rings. The third-order valence-electron chi connectivity index (χ3n) is 2.96. The number of aliphatic hydroxyl groups is 1. The van der Waals surface area contributed by atoms with Gasteiger partial charge in [-0.3, -0.25) is 0 Å². The topological polar surface area (TPSA) is 41.5 Å². The Morgan fingerprint density at radius 2 is 1.95 bits per heavy atom. The average Bonchev–Trinajstić information content (AvgIpc) is 2.32. The molecule has 4 heteroatoms. The van der Waals surface area contributed by atoms with Crippen molar-refractivity contribution in [3.63, 3.8) is 0 Å².